The molecule has 5 nitrogen and oxygen atoms in total. The Balaban J connectivity index is 1.37. The third-order valence-corrected chi connectivity index (χ3v) is 5.98. The van der Waals surface area contributed by atoms with Gasteiger partial charge in [-0.25, -0.2) is 4.39 Å². The molecular weight excluding hydrogens is 403 g/mol. The first-order valence-electron chi connectivity index (χ1n) is 10.2. The standard InChI is InChI=1S/C23H27FN2O3S/c1-2-29-20-7-3-17(4-8-20)23(28)26-14-11-19(12-15-26)25-22(27)13-16-30-21-9-5-18(24)6-10-21/h3-10,19H,2,11-16H2,1H3,(H,25,27). The van der Waals surface area contributed by atoms with E-state index in [1.807, 2.05) is 24.0 Å². The highest BCUT2D eigenvalue weighted by atomic mass is 32.2. The van der Waals surface area contributed by atoms with Crippen LogP contribution in [0.25, 0.3) is 0 Å². The van der Waals surface area contributed by atoms with Gasteiger partial charge in [0.2, 0.25) is 5.91 Å². The second-order valence-corrected chi connectivity index (χ2v) is 8.31. The fourth-order valence-corrected chi connectivity index (χ4v) is 4.21. The van der Waals surface area contributed by atoms with E-state index in [4.69, 9.17) is 4.74 Å². The molecule has 0 radical (unpaired) electrons. The Morgan fingerprint density at radius 3 is 2.40 bits per heavy atom. The van der Waals surface area contributed by atoms with Crippen molar-refractivity contribution in [3.63, 3.8) is 0 Å². The summed E-state index contributed by atoms with van der Waals surface area (Å²) in [5, 5.41) is 3.07. The van der Waals surface area contributed by atoms with Crippen LogP contribution in [0.5, 0.6) is 5.75 Å². The fourth-order valence-electron chi connectivity index (χ4n) is 3.36. The van der Waals surface area contributed by atoms with Crippen molar-refractivity contribution in [1.82, 2.24) is 10.2 Å². The van der Waals surface area contributed by atoms with E-state index in [9.17, 15) is 14.0 Å². The molecule has 3 rings (SSSR count). The number of hydrogen-bond donors (Lipinski definition) is 1. The first-order chi connectivity index (χ1) is 14.5. The van der Waals surface area contributed by atoms with Crippen LogP contribution in [0.15, 0.2) is 53.4 Å². The average molecular weight is 431 g/mol. The summed E-state index contributed by atoms with van der Waals surface area (Å²) < 4.78 is 18.3. The van der Waals surface area contributed by atoms with Crippen LogP contribution in [0, 0.1) is 5.82 Å². The number of ether oxygens (including phenoxy) is 1. The molecule has 0 bridgehead atoms. The lowest BCUT2D eigenvalue weighted by Crippen LogP contribution is -2.46. The van der Waals surface area contributed by atoms with Crippen molar-refractivity contribution in [3.8, 4) is 5.75 Å². The first kappa shape index (κ1) is 22.2. The van der Waals surface area contributed by atoms with Crippen molar-refractivity contribution < 1.29 is 18.7 Å². The van der Waals surface area contributed by atoms with Crippen LogP contribution >= 0.6 is 11.8 Å². The predicted octanol–water partition coefficient (Wildman–Crippen LogP) is 4.13. The Morgan fingerprint density at radius 1 is 1.10 bits per heavy atom. The van der Waals surface area contributed by atoms with E-state index in [-0.39, 0.29) is 23.7 Å². The van der Waals surface area contributed by atoms with Crippen LogP contribution < -0.4 is 10.1 Å². The molecule has 1 heterocycles. The molecule has 1 fully saturated rings. The van der Waals surface area contributed by atoms with E-state index in [1.165, 1.54) is 23.9 Å². The normalized spacial score (nSPS) is 14.4. The Hall–Kier alpha value is -2.54. The Bertz CT molecular complexity index is 835. The molecule has 1 aliphatic rings. The number of halogens is 1. The van der Waals surface area contributed by atoms with Crippen molar-refractivity contribution in [2.45, 2.75) is 37.1 Å². The maximum atomic E-state index is 12.9. The zero-order chi connectivity index (χ0) is 21.3. The molecule has 0 aliphatic carbocycles. The summed E-state index contributed by atoms with van der Waals surface area (Å²) in [4.78, 5) is 27.7. The summed E-state index contributed by atoms with van der Waals surface area (Å²) in [6, 6.07) is 13.6. The van der Waals surface area contributed by atoms with Gasteiger partial charge in [-0.15, -0.1) is 11.8 Å². The lowest BCUT2D eigenvalue weighted by atomic mass is 10.0. The van der Waals surface area contributed by atoms with Gasteiger partial charge in [0.25, 0.3) is 5.91 Å². The van der Waals surface area contributed by atoms with Gasteiger partial charge in [0.15, 0.2) is 0 Å². The van der Waals surface area contributed by atoms with Gasteiger partial charge in [-0.2, -0.15) is 0 Å². The topological polar surface area (TPSA) is 58.6 Å². The Labute approximate surface area is 181 Å². The lowest BCUT2D eigenvalue weighted by Gasteiger charge is -2.32. The number of nitrogens with zero attached hydrogens (tertiary/aromatic N) is 1. The predicted molar refractivity (Wildman–Crippen MR) is 116 cm³/mol. The second kappa shape index (κ2) is 11.0. The third-order valence-electron chi connectivity index (χ3n) is 4.97. The minimum Gasteiger partial charge on any atom is -0.494 e. The van der Waals surface area contributed by atoms with Crippen molar-refractivity contribution in [2.24, 2.45) is 0 Å². The average Bonchev–Trinajstić information content (AvgIpc) is 2.76. The van der Waals surface area contributed by atoms with Crippen LogP contribution in [0.3, 0.4) is 0 Å². The number of carbonyl (C=O) groups is 2. The summed E-state index contributed by atoms with van der Waals surface area (Å²) in [5.41, 5.74) is 0.652. The van der Waals surface area contributed by atoms with Crippen molar-refractivity contribution in [3.05, 3.63) is 59.9 Å². The minimum atomic E-state index is -0.260. The molecule has 2 amide bonds. The molecule has 2 aromatic rings. The van der Waals surface area contributed by atoms with Gasteiger partial charge in [-0.1, -0.05) is 0 Å². The number of likely N-dealkylation sites (tertiary alicyclic amines) is 1. The van der Waals surface area contributed by atoms with Crippen molar-refractivity contribution >= 4 is 23.6 Å². The van der Waals surface area contributed by atoms with E-state index in [0.29, 0.717) is 37.4 Å². The molecule has 1 saturated heterocycles. The van der Waals surface area contributed by atoms with Crippen LogP contribution in [0.1, 0.15) is 36.5 Å². The van der Waals surface area contributed by atoms with Crippen LogP contribution in [0.2, 0.25) is 0 Å². The summed E-state index contributed by atoms with van der Waals surface area (Å²) >= 11 is 1.54. The Morgan fingerprint density at radius 2 is 1.77 bits per heavy atom. The fraction of sp³-hybridized carbons (Fsp3) is 0.391. The number of hydrogen-bond acceptors (Lipinski definition) is 4. The zero-order valence-electron chi connectivity index (χ0n) is 17.1. The minimum absolute atomic E-state index is 0.0125. The first-order valence-corrected chi connectivity index (χ1v) is 11.2. The summed E-state index contributed by atoms with van der Waals surface area (Å²) in [6.45, 7) is 3.77. The van der Waals surface area contributed by atoms with E-state index in [0.717, 1.165) is 23.5 Å². The van der Waals surface area contributed by atoms with Gasteiger partial charge < -0.3 is 15.0 Å². The molecule has 1 N–H and O–H groups in total. The molecule has 2 aromatic carbocycles. The molecule has 0 saturated carbocycles. The molecule has 160 valence electrons. The number of nitrogens with one attached hydrogen (secondary N) is 1. The molecule has 7 heteroatoms. The SMILES string of the molecule is CCOc1ccc(C(=O)N2CCC(NC(=O)CCSc3ccc(F)cc3)CC2)cc1. The molecule has 1 aliphatic heterocycles. The van der Waals surface area contributed by atoms with Gasteiger partial charge in [-0.3, -0.25) is 9.59 Å². The maximum absolute atomic E-state index is 12.9. The third kappa shape index (κ3) is 6.49. The molecule has 0 spiro atoms. The smallest absolute Gasteiger partial charge is 0.253 e. The highest BCUT2D eigenvalue weighted by Gasteiger charge is 2.24. The number of thioether (sulfide) groups is 1. The molecule has 0 aromatic heterocycles. The van der Waals surface area contributed by atoms with E-state index in [1.54, 1.807) is 24.3 Å². The second-order valence-electron chi connectivity index (χ2n) is 7.14. The summed E-state index contributed by atoms with van der Waals surface area (Å²) in [7, 11) is 0. The quantitative estimate of drug-likeness (QED) is 0.640. The summed E-state index contributed by atoms with van der Waals surface area (Å²) in [5.74, 6) is 1.17. The number of piperidine rings is 1. The van der Waals surface area contributed by atoms with Crippen molar-refractivity contribution in [1.29, 1.82) is 0 Å². The highest BCUT2D eigenvalue weighted by Crippen LogP contribution is 2.20. The van der Waals surface area contributed by atoms with E-state index >= 15 is 0 Å². The number of rotatable bonds is 8. The zero-order valence-corrected chi connectivity index (χ0v) is 17.9. The van der Waals surface area contributed by atoms with Crippen LogP contribution in [0.4, 0.5) is 4.39 Å². The molecule has 30 heavy (non-hydrogen) atoms. The van der Waals surface area contributed by atoms with Crippen molar-refractivity contribution in [2.75, 3.05) is 25.4 Å². The molecular formula is C23H27FN2O3S. The highest BCUT2D eigenvalue weighted by molar-refractivity contribution is 7.99. The largest absolute Gasteiger partial charge is 0.494 e. The van der Waals surface area contributed by atoms with Gasteiger partial charge in [0.1, 0.15) is 11.6 Å². The molecule has 0 unspecified atom stereocenters. The summed E-state index contributed by atoms with van der Waals surface area (Å²) in [6.07, 6.45) is 1.91. The van der Waals surface area contributed by atoms with Gasteiger partial charge in [0, 0.05) is 41.8 Å². The van der Waals surface area contributed by atoms with Gasteiger partial charge in [0.05, 0.1) is 6.61 Å². The van der Waals surface area contributed by atoms with Gasteiger partial charge >= 0.3 is 0 Å². The van der Waals surface area contributed by atoms with E-state index < -0.39 is 0 Å². The number of carbonyl (C=O) groups excluding carboxylic acids is 2. The Kier molecular flexibility index (Phi) is 8.13. The van der Waals surface area contributed by atoms with Crippen LogP contribution in [-0.4, -0.2) is 48.2 Å². The maximum Gasteiger partial charge on any atom is 0.253 e. The van der Waals surface area contributed by atoms with Gasteiger partial charge in [-0.05, 0) is 68.3 Å². The molecule has 0 atom stereocenters. The lowest BCUT2D eigenvalue weighted by molar-refractivity contribution is -0.121. The number of amides is 2. The van der Waals surface area contributed by atoms with E-state index in [2.05, 4.69) is 5.32 Å². The van der Waals surface area contributed by atoms with Crippen LogP contribution in [-0.2, 0) is 4.79 Å². The number of benzene rings is 2. The monoisotopic (exact) mass is 430 g/mol.